The van der Waals surface area contributed by atoms with Gasteiger partial charge in [0.25, 0.3) is 0 Å². The predicted molar refractivity (Wildman–Crippen MR) is 82.1 cm³/mol. The second kappa shape index (κ2) is 7.33. The van der Waals surface area contributed by atoms with Crippen molar-refractivity contribution in [1.29, 1.82) is 0 Å². The molecule has 0 aliphatic heterocycles. The SMILES string of the molecule is CCCC(OCC)C(NN)c1cccc2cccnc12. The summed E-state index contributed by atoms with van der Waals surface area (Å²) in [5.74, 6) is 5.80. The molecule has 0 fully saturated rings. The van der Waals surface area contributed by atoms with Gasteiger partial charge in [-0.25, -0.2) is 0 Å². The van der Waals surface area contributed by atoms with Crippen LogP contribution in [0.15, 0.2) is 36.5 Å². The number of ether oxygens (including phenoxy) is 1. The van der Waals surface area contributed by atoms with Crippen LogP contribution in [0.4, 0.5) is 0 Å². The number of benzene rings is 1. The van der Waals surface area contributed by atoms with Crippen LogP contribution in [0, 0.1) is 0 Å². The molecule has 2 atom stereocenters. The Morgan fingerprint density at radius 3 is 2.75 bits per heavy atom. The van der Waals surface area contributed by atoms with Crippen molar-refractivity contribution in [3.8, 4) is 0 Å². The van der Waals surface area contributed by atoms with Crippen molar-refractivity contribution in [3.05, 3.63) is 42.1 Å². The molecule has 4 heteroatoms. The number of nitrogens with zero attached hydrogens (tertiary/aromatic N) is 1. The second-order valence-corrected chi connectivity index (χ2v) is 4.85. The summed E-state index contributed by atoms with van der Waals surface area (Å²) in [5.41, 5.74) is 5.00. The molecular weight excluding hydrogens is 250 g/mol. The van der Waals surface area contributed by atoms with Gasteiger partial charge in [0.1, 0.15) is 0 Å². The molecule has 1 heterocycles. The van der Waals surface area contributed by atoms with Gasteiger partial charge in [-0.2, -0.15) is 0 Å². The third kappa shape index (κ3) is 3.15. The fraction of sp³-hybridized carbons (Fsp3) is 0.438. The van der Waals surface area contributed by atoms with E-state index in [1.54, 1.807) is 0 Å². The molecule has 3 N–H and O–H groups in total. The maximum atomic E-state index is 5.87. The molecule has 2 aromatic rings. The lowest BCUT2D eigenvalue weighted by molar-refractivity contribution is 0.0279. The molecule has 0 spiro atoms. The number of fused-ring (bicyclic) bond motifs is 1. The number of nitrogens with one attached hydrogen (secondary N) is 1. The summed E-state index contributed by atoms with van der Waals surface area (Å²) in [5, 5.41) is 1.12. The highest BCUT2D eigenvalue weighted by molar-refractivity contribution is 5.82. The molecule has 0 saturated carbocycles. The van der Waals surface area contributed by atoms with E-state index in [4.69, 9.17) is 10.6 Å². The largest absolute Gasteiger partial charge is 0.376 e. The fourth-order valence-electron chi connectivity index (χ4n) is 2.62. The molecule has 4 nitrogen and oxygen atoms in total. The number of nitrogens with two attached hydrogens (primary N) is 1. The van der Waals surface area contributed by atoms with Gasteiger partial charge in [0.05, 0.1) is 17.7 Å². The Labute approximate surface area is 120 Å². The number of pyridine rings is 1. The Bertz CT molecular complexity index is 533. The fourth-order valence-corrected chi connectivity index (χ4v) is 2.62. The highest BCUT2D eigenvalue weighted by Crippen LogP contribution is 2.27. The first kappa shape index (κ1) is 14.9. The summed E-state index contributed by atoms with van der Waals surface area (Å²) in [6.07, 6.45) is 3.89. The highest BCUT2D eigenvalue weighted by Gasteiger charge is 2.23. The third-order valence-electron chi connectivity index (χ3n) is 3.50. The van der Waals surface area contributed by atoms with Crippen LogP contribution in [0.25, 0.3) is 10.9 Å². The van der Waals surface area contributed by atoms with Gasteiger partial charge in [-0.3, -0.25) is 16.3 Å². The molecule has 0 bridgehead atoms. The Hall–Kier alpha value is -1.49. The Morgan fingerprint density at radius 1 is 1.25 bits per heavy atom. The molecular formula is C16H23N3O. The van der Waals surface area contributed by atoms with E-state index in [-0.39, 0.29) is 12.1 Å². The zero-order valence-electron chi connectivity index (χ0n) is 12.2. The van der Waals surface area contributed by atoms with E-state index >= 15 is 0 Å². The lowest BCUT2D eigenvalue weighted by atomic mass is 9.96. The van der Waals surface area contributed by atoms with Gasteiger partial charge in [0, 0.05) is 18.2 Å². The number of hydrogen-bond donors (Lipinski definition) is 2. The first-order chi connectivity index (χ1) is 9.81. The summed E-state index contributed by atoms with van der Waals surface area (Å²) in [6.45, 7) is 4.85. The van der Waals surface area contributed by atoms with Crippen LogP contribution in [0.5, 0.6) is 0 Å². The van der Waals surface area contributed by atoms with E-state index in [0.717, 1.165) is 29.3 Å². The maximum Gasteiger partial charge on any atom is 0.0783 e. The van der Waals surface area contributed by atoms with Gasteiger partial charge in [-0.05, 0) is 25.0 Å². The van der Waals surface area contributed by atoms with E-state index in [1.807, 2.05) is 25.3 Å². The van der Waals surface area contributed by atoms with E-state index in [2.05, 4.69) is 35.5 Å². The number of aromatic nitrogens is 1. The van der Waals surface area contributed by atoms with Crippen LogP contribution < -0.4 is 11.3 Å². The van der Waals surface area contributed by atoms with Crippen molar-refractivity contribution in [2.75, 3.05) is 6.61 Å². The highest BCUT2D eigenvalue weighted by atomic mass is 16.5. The van der Waals surface area contributed by atoms with Crippen molar-refractivity contribution < 1.29 is 4.74 Å². The standard InChI is InChI=1S/C16H23N3O/c1-3-7-14(20-4-2)16(19-17)13-10-5-8-12-9-6-11-18-15(12)13/h5-6,8-11,14,16,19H,3-4,7,17H2,1-2H3. The maximum absolute atomic E-state index is 5.87. The van der Waals surface area contributed by atoms with Crippen molar-refractivity contribution >= 4 is 10.9 Å². The average molecular weight is 273 g/mol. The minimum atomic E-state index is -0.0477. The van der Waals surface area contributed by atoms with Gasteiger partial charge in [0.15, 0.2) is 0 Å². The quantitative estimate of drug-likeness (QED) is 0.601. The van der Waals surface area contributed by atoms with Gasteiger partial charge < -0.3 is 4.74 Å². The van der Waals surface area contributed by atoms with Crippen molar-refractivity contribution in [1.82, 2.24) is 10.4 Å². The van der Waals surface area contributed by atoms with Gasteiger partial charge in [0.2, 0.25) is 0 Å². The minimum absolute atomic E-state index is 0.0477. The van der Waals surface area contributed by atoms with Crippen molar-refractivity contribution in [2.24, 2.45) is 5.84 Å². The molecule has 0 amide bonds. The van der Waals surface area contributed by atoms with Crippen molar-refractivity contribution in [2.45, 2.75) is 38.8 Å². The van der Waals surface area contributed by atoms with Crippen LogP contribution >= 0.6 is 0 Å². The molecule has 0 radical (unpaired) electrons. The first-order valence-corrected chi connectivity index (χ1v) is 7.23. The average Bonchev–Trinajstić information content (AvgIpc) is 2.49. The van der Waals surface area contributed by atoms with Crippen molar-refractivity contribution in [3.63, 3.8) is 0 Å². The Morgan fingerprint density at radius 2 is 2.05 bits per heavy atom. The molecule has 1 aromatic heterocycles. The molecule has 2 unspecified atom stereocenters. The number of hydrogen-bond acceptors (Lipinski definition) is 4. The van der Waals surface area contributed by atoms with Crippen LogP contribution in [0.3, 0.4) is 0 Å². The molecule has 108 valence electrons. The molecule has 2 rings (SSSR count). The summed E-state index contributed by atoms with van der Waals surface area (Å²) >= 11 is 0. The zero-order chi connectivity index (χ0) is 14.4. The molecule has 20 heavy (non-hydrogen) atoms. The Balaban J connectivity index is 2.42. The zero-order valence-corrected chi connectivity index (χ0v) is 12.2. The summed E-state index contributed by atoms with van der Waals surface area (Å²) in [6, 6.07) is 10.1. The molecule has 1 aromatic carbocycles. The lowest BCUT2D eigenvalue weighted by Crippen LogP contribution is -2.38. The van der Waals surface area contributed by atoms with Crippen LogP contribution in [-0.2, 0) is 4.74 Å². The number of para-hydroxylation sites is 1. The second-order valence-electron chi connectivity index (χ2n) is 4.85. The van der Waals surface area contributed by atoms with Crippen LogP contribution in [0.2, 0.25) is 0 Å². The monoisotopic (exact) mass is 273 g/mol. The predicted octanol–water partition coefficient (Wildman–Crippen LogP) is 2.94. The molecule has 0 aliphatic rings. The van der Waals surface area contributed by atoms with Crippen LogP contribution in [-0.4, -0.2) is 17.7 Å². The minimum Gasteiger partial charge on any atom is -0.376 e. The van der Waals surface area contributed by atoms with Gasteiger partial charge in [-0.15, -0.1) is 0 Å². The summed E-state index contributed by atoms with van der Waals surface area (Å²) < 4.78 is 5.87. The summed E-state index contributed by atoms with van der Waals surface area (Å²) in [7, 11) is 0. The number of rotatable bonds is 7. The smallest absolute Gasteiger partial charge is 0.0783 e. The topological polar surface area (TPSA) is 60.2 Å². The van der Waals surface area contributed by atoms with Gasteiger partial charge in [-0.1, -0.05) is 37.6 Å². The molecule has 0 aliphatic carbocycles. The van der Waals surface area contributed by atoms with E-state index in [1.165, 1.54) is 0 Å². The lowest BCUT2D eigenvalue weighted by Gasteiger charge is -2.27. The summed E-state index contributed by atoms with van der Waals surface area (Å²) in [4.78, 5) is 4.50. The third-order valence-corrected chi connectivity index (χ3v) is 3.50. The van der Waals surface area contributed by atoms with E-state index < -0.39 is 0 Å². The van der Waals surface area contributed by atoms with E-state index in [0.29, 0.717) is 6.61 Å². The molecule has 0 saturated heterocycles. The Kier molecular flexibility index (Phi) is 5.47. The number of hydrazine groups is 1. The van der Waals surface area contributed by atoms with E-state index in [9.17, 15) is 0 Å². The van der Waals surface area contributed by atoms with Crippen LogP contribution in [0.1, 0.15) is 38.3 Å². The first-order valence-electron chi connectivity index (χ1n) is 7.23. The van der Waals surface area contributed by atoms with Gasteiger partial charge >= 0.3 is 0 Å². The normalized spacial score (nSPS) is 14.3.